The predicted molar refractivity (Wildman–Crippen MR) is 92.3 cm³/mol. The van der Waals surface area contributed by atoms with Crippen molar-refractivity contribution in [3.8, 4) is 0 Å². The summed E-state index contributed by atoms with van der Waals surface area (Å²) < 4.78 is 0. The van der Waals surface area contributed by atoms with E-state index >= 15 is 0 Å². The average molecular weight is 330 g/mol. The van der Waals surface area contributed by atoms with Gasteiger partial charge in [-0.15, -0.1) is 0 Å². The van der Waals surface area contributed by atoms with Gasteiger partial charge in [-0.1, -0.05) is 19.4 Å². The molecule has 0 aromatic carbocycles. The Morgan fingerprint density at radius 1 is 1.21 bits per heavy atom. The lowest BCUT2D eigenvalue weighted by atomic mass is 9.46. The van der Waals surface area contributed by atoms with Gasteiger partial charge in [-0.05, 0) is 80.1 Å². The molecule has 4 rings (SSSR count). The van der Waals surface area contributed by atoms with Crippen LogP contribution < -0.4 is 0 Å². The van der Waals surface area contributed by atoms with Gasteiger partial charge in [-0.25, -0.2) is 0 Å². The topological polar surface area (TPSA) is 54.4 Å². The molecule has 0 aromatic heterocycles. The molecule has 0 radical (unpaired) electrons. The average Bonchev–Trinajstić information content (AvgIpc) is 2.84. The van der Waals surface area contributed by atoms with E-state index in [9.17, 15) is 14.7 Å². The van der Waals surface area contributed by atoms with Gasteiger partial charge >= 0.3 is 0 Å². The first kappa shape index (κ1) is 16.5. The van der Waals surface area contributed by atoms with E-state index in [-0.39, 0.29) is 34.6 Å². The van der Waals surface area contributed by atoms with Crippen LogP contribution in [-0.4, -0.2) is 22.8 Å². The van der Waals surface area contributed by atoms with Crippen molar-refractivity contribution >= 4 is 11.6 Å². The minimum Gasteiger partial charge on any atom is -0.393 e. The van der Waals surface area contributed by atoms with Gasteiger partial charge in [0, 0.05) is 12.3 Å². The quantitative estimate of drug-likeness (QED) is 0.797. The van der Waals surface area contributed by atoms with Crippen LogP contribution in [0.15, 0.2) is 11.6 Å². The van der Waals surface area contributed by atoms with Crippen LogP contribution in [-0.2, 0) is 9.59 Å². The van der Waals surface area contributed by atoms with Crippen molar-refractivity contribution < 1.29 is 14.7 Å². The van der Waals surface area contributed by atoms with Crippen LogP contribution in [0.5, 0.6) is 0 Å². The standard InChI is InChI=1S/C21H30O3/c1-12(22)16-6-7-17-15-5-4-13-10-14(23)8-9-20(13,2)19(15)18(24)11-21(16,17)3/h10,15-19,24H,4-9,11H2,1-3H3/t15?,16?,17?,18-,19?,20?,21?/m0/s1. The number of carbonyl (C=O) groups is 2. The summed E-state index contributed by atoms with van der Waals surface area (Å²) in [6.07, 6.45) is 7.97. The second kappa shape index (κ2) is 5.27. The maximum Gasteiger partial charge on any atom is 0.155 e. The predicted octanol–water partition coefficient (Wildman–Crippen LogP) is 3.69. The number of ketones is 2. The number of hydrogen-bond acceptors (Lipinski definition) is 3. The van der Waals surface area contributed by atoms with Gasteiger partial charge in [0.05, 0.1) is 6.10 Å². The molecule has 0 bridgehead atoms. The second-order valence-electron chi connectivity index (χ2n) is 9.41. The van der Waals surface area contributed by atoms with Crippen LogP contribution in [0.3, 0.4) is 0 Å². The SMILES string of the molecule is CC(=O)C1CCC2C3CCC4=CC(=O)CCC4(C)C3[C@@H](O)CC12C. The molecule has 3 heteroatoms. The van der Waals surface area contributed by atoms with Crippen LogP contribution in [0.25, 0.3) is 0 Å². The van der Waals surface area contributed by atoms with Gasteiger partial charge in [0.15, 0.2) is 5.78 Å². The van der Waals surface area contributed by atoms with Gasteiger partial charge in [0.25, 0.3) is 0 Å². The van der Waals surface area contributed by atoms with E-state index in [0.717, 1.165) is 38.5 Å². The summed E-state index contributed by atoms with van der Waals surface area (Å²) in [5.41, 5.74) is 1.23. The molecule has 4 aliphatic rings. The first-order valence-electron chi connectivity index (χ1n) is 9.70. The highest BCUT2D eigenvalue weighted by Gasteiger charge is 2.62. The molecular formula is C21H30O3. The normalized spacial score (nSPS) is 50.6. The Bertz CT molecular complexity index is 621. The van der Waals surface area contributed by atoms with E-state index in [0.29, 0.717) is 24.0 Å². The molecule has 3 fully saturated rings. The van der Waals surface area contributed by atoms with Gasteiger partial charge < -0.3 is 5.11 Å². The number of allylic oxidation sites excluding steroid dienone is 1. The molecular weight excluding hydrogens is 300 g/mol. The number of hydrogen-bond donors (Lipinski definition) is 1. The molecule has 0 aromatic rings. The summed E-state index contributed by atoms with van der Waals surface area (Å²) in [6, 6.07) is 0. The maximum absolute atomic E-state index is 12.2. The van der Waals surface area contributed by atoms with Crippen LogP contribution in [0.1, 0.15) is 65.7 Å². The Kier molecular flexibility index (Phi) is 3.62. The lowest BCUT2D eigenvalue weighted by Gasteiger charge is -2.59. The highest BCUT2D eigenvalue weighted by Crippen LogP contribution is 2.66. The fraction of sp³-hybridized carbons (Fsp3) is 0.810. The Balaban J connectivity index is 1.72. The summed E-state index contributed by atoms with van der Waals surface area (Å²) in [4.78, 5) is 24.0. The minimum atomic E-state index is -0.349. The smallest absolute Gasteiger partial charge is 0.155 e. The van der Waals surface area contributed by atoms with Crippen LogP contribution in [0.4, 0.5) is 0 Å². The first-order chi connectivity index (χ1) is 11.3. The summed E-state index contributed by atoms with van der Waals surface area (Å²) >= 11 is 0. The number of carbonyl (C=O) groups excluding carboxylic acids is 2. The Morgan fingerprint density at radius 2 is 1.96 bits per heavy atom. The lowest BCUT2D eigenvalue weighted by molar-refractivity contribution is -0.143. The molecule has 4 aliphatic carbocycles. The van der Waals surface area contributed by atoms with Crippen molar-refractivity contribution in [2.75, 3.05) is 0 Å². The third-order valence-electron chi connectivity index (χ3n) is 8.38. The van der Waals surface area contributed by atoms with Gasteiger partial charge in [0.1, 0.15) is 5.78 Å². The van der Waals surface area contributed by atoms with Crippen LogP contribution in [0.2, 0.25) is 0 Å². The molecule has 3 saturated carbocycles. The Hall–Kier alpha value is -0.960. The van der Waals surface area contributed by atoms with Gasteiger partial charge in [-0.3, -0.25) is 9.59 Å². The summed E-state index contributed by atoms with van der Waals surface area (Å²) in [7, 11) is 0. The summed E-state index contributed by atoms with van der Waals surface area (Å²) in [6.45, 7) is 6.27. The van der Waals surface area contributed by atoms with E-state index in [4.69, 9.17) is 0 Å². The molecule has 24 heavy (non-hydrogen) atoms. The number of aliphatic hydroxyl groups excluding tert-OH is 1. The maximum atomic E-state index is 12.2. The second-order valence-corrected chi connectivity index (χ2v) is 9.41. The van der Waals surface area contributed by atoms with Crippen molar-refractivity contribution in [3.05, 3.63) is 11.6 Å². The molecule has 0 spiro atoms. The lowest BCUT2D eigenvalue weighted by Crippen LogP contribution is -2.56. The largest absolute Gasteiger partial charge is 0.393 e. The van der Waals surface area contributed by atoms with Gasteiger partial charge in [-0.2, -0.15) is 0 Å². The molecule has 0 amide bonds. The van der Waals surface area contributed by atoms with Crippen molar-refractivity contribution in [2.24, 2.45) is 34.5 Å². The number of rotatable bonds is 1. The summed E-state index contributed by atoms with van der Waals surface area (Å²) in [5.74, 6) is 1.99. The first-order valence-corrected chi connectivity index (χ1v) is 9.70. The zero-order valence-electron chi connectivity index (χ0n) is 15.2. The fourth-order valence-electron chi connectivity index (χ4n) is 7.35. The van der Waals surface area contributed by atoms with E-state index in [1.54, 1.807) is 6.92 Å². The molecule has 0 aliphatic heterocycles. The number of aliphatic hydroxyl groups is 1. The Morgan fingerprint density at radius 3 is 2.67 bits per heavy atom. The molecule has 1 N–H and O–H groups in total. The van der Waals surface area contributed by atoms with Crippen molar-refractivity contribution in [2.45, 2.75) is 71.8 Å². The zero-order valence-corrected chi connectivity index (χ0v) is 15.2. The third kappa shape index (κ3) is 2.06. The molecule has 6 unspecified atom stereocenters. The molecule has 0 saturated heterocycles. The van der Waals surface area contributed by atoms with E-state index in [1.165, 1.54) is 5.57 Å². The minimum absolute atomic E-state index is 0.0219. The van der Waals surface area contributed by atoms with Crippen LogP contribution >= 0.6 is 0 Å². The van der Waals surface area contributed by atoms with Crippen molar-refractivity contribution in [1.29, 1.82) is 0 Å². The van der Waals surface area contributed by atoms with E-state index in [2.05, 4.69) is 13.8 Å². The molecule has 3 nitrogen and oxygen atoms in total. The summed E-state index contributed by atoms with van der Waals surface area (Å²) in [5, 5.41) is 11.2. The van der Waals surface area contributed by atoms with Crippen LogP contribution in [0, 0.1) is 34.5 Å². The monoisotopic (exact) mass is 330 g/mol. The van der Waals surface area contributed by atoms with Crippen molar-refractivity contribution in [3.63, 3.8) is 0 Å². The Labute approximate surface area is 144 Å². The fourth-order valence-corrected chi connectivity index (χ4v) is 7.35. The zero-order chi connectivity index (χ0) is 17.3. The molecule has 7 atom stereocenters. The highest BCUT2D eigenvalue weighted by molar-refractivity contribution is 5.91. The van der Waals surface area contributed by atoms with E-state index in [1.807, 2.05) is 6.08 Å². The highest BCUT2D eigenvalue weighted by atomic mass is 16.3. The molecule has 0 heterocycles. The molecule has 132 valence electrons. The van der Waals surface area contributed by atoms with Crippen molar-refractivity contribution in [1.82, 2.24) is 0 Å². The van der Waals surface area contributed by atoms with E-state index < -0.39 is 0 Å². The third-order valence-corrected chi connectivity index (χ3v) is 8.38. The number of Topliss-reactive ketones (excluding diaryl/α,β-unsaturated/α-hetero) is 1. The number of fused-ring (bicyclic) bond motifs is 5. The van der Waals surface area contributed by atoms with Gasteiger partial charge in [0.2, 0.25) is 0 Å².